The first-order chi connectivity index (χ1) is 15.2. The van der Waals surface area contributed by atoms with E-state index in [0.717, 1.165) is 17.1 Å². The molecule has 0 bridgehead atoms. The Morgan fingerprint density at radius 2 is 2.12 bits per heavy atom. The van der Waals surface area contributed by atoms with Crippen molar-refractivity contribution in [3.05, 3.63) is 58.9 Å². The highest BCUT2D eigenvalue weighted by Crippen LogP contribution is 2.31. The van der Waals surface area contributed by atoms with Crippen LogP contribution < -0.4 is 15.4 Å². The predicted molar refractivity (Wildman–Crippen MR) is 118 cm³/mol. The van der Waals surface area contributed by atoms with E-state index in [9.17, 15) is 19.1 Å². The molecule has 32 heavy (non-hydrogen) atoms. The van der Waals surface area contributed by atoms with Crippen molar-refractivity contribution in [2.24, 2.45) is 5.92 Å². The van der Waals surface area contributed by atoms with E-state index in [0.29, 0.717) is 24.2 Å². The number of hydrogen-bond donors (Lipinski definition) is 3. The summed E-state index contributed by atoms with van der Waals surface area (Å²) in [5, 5.41) is 14.8. The SMILES string of the molecule is Cc1cc(C)c(COc2nsc(NC(=O)NCC(C)Cn3ccnc3)c2C(=O)O)c(F)c1. The Balaban J connectivity index is 1.62. The number of hydrogen-bond acceptors (Lipinski definition) is 6. The van der Waals surface area contributed by atoms with E-state index < -0.39 is 17.8 Å². The third-order valence-corrected chi connectivity index (χ3v) is 5.46. The lowest BCUT2D eigenvalue weighted by molar-refractivity contribution is 0.0693. The van der Waals surface area contributed by atoms with Crippen molar-refractivity contribution in [1.82, 2.24) is 19.2 Å². The number of urea groups is 1. The van der Waals surface area contributed by atoms with Crippen LogP contribution in [0.25, 0.3) is 0 Å². The lowest BCUT2D eigenvalue weighted by Gasteiger charge is -2.13. The maximum atomic E-state index is 14.2. The summed E-state index contributed by atoms with van der Waals surface area (Å²) < 4.78 is 25.6. The lowest BCUT2D eigenvalue weighted by atomic mass is 10.1. The van der Waals surface area contributed by atoms with Crippen LogP contribution in [-0.4, -0.2) is 37.6 Å². The number of rotatable bonds is 9. The number of halogens is 1. The molecule has 170 valence electrons. The highest BCUT2D eigenvalue weighted by atomic mass is 32.1. The number of imidazole rings is 1. The van der Waals surface area contributed by atoms with E-state index in [1.165, 1.54) is 6.07 Å². The number of carbonyl (C=O) groups is 2. The van der Waals surface area contributed by atoms with Crippen LogP contribution in [0.3, 0.4) is 0 Å². The molecule has 2 heterocycles. The molecule has 0 aliphatic carbocycles. The molecular formula is C21H24FN5O4S. The van der Waals surface area contributed by atoms with Gasteiger partial charge in [0.2, 0.25) is 5.88 Å². The third kappa shape index (κ3) is 5.82. The average molecular weight is 462 g/mol. The molecule has 1 aromatic carbocycles. The van der Waals surface area contributed by atoms with Crippen molar-refractivity contribution < 1.29 is 23.8 Å². The number of aromatic nitrogens is 3. The number of aromatic carboxylic acids is 1. The molecule has 9 nitrogen and oxygen atoms in total. The summed E-state index contributed by atoms with van der Waals surface area (Å²) in [5.74, 6) is -1.79. The first-order valence-corrected chi connectivity index (χ1v) is 10.6. The highest BCUT2D eigenvalue weighted by molar-refractivity contribution is 7.11. The number of nitrogens with zero attached hydrogens (tertiary/aromatic N) is 3. The molecule has 0 aliphatic rings. The van der Waals surface area contributed by atoms with Gasteiger partial charge in [-0.1, -0.05) is 13.0 Å². The van der Waals surface area contributed by atoms with Crippen LogP contribution in [-0.2, 0) is 13.2 Å². The molecule has 2 amide bonds. The molecule has 1 unspecified atom stereocenters. The number of benzene rings is 1. The third-order valence-electron chi connectivity index (χ3n) is 4.71. The van der Waals surface area contributed by atoms with E-state index in [1.807, 2.05) is 23.8 Å². The number of anilines is 1. The van der Waals surface area contributed by atoms with Gasteiger partial charge in [-0.25, -0.2) is 19.0 Å². The zero-order valence-electron chi connectivity index (χ0n) is 17.9. The van der Waals surface area contributed by atoms with Crippen LogP contribution in [0.2, 0.25) is 0 Å². The van der Waals surface area contributed by atoms with Gasteiger partial charge in [0.05, 0.1) is 6.33 Å². The number of carbonyl (C=O) groups excluding carboxylic acids is 1. The molecule has 1 atom stereocenters. The van der Waals surface area contributed by atoms with Crippen molar-refractivity contribution in [3.8, 4) is 5.88 Å². The number of aryl methyl sites for hydroxylation is 2. The van der Waals surface area contributed by atoms with Crippen LogP contribution in [0.1, 0.15) is 34.0 Å². The van der Waals surface area contributed by atoms with E-state index in [4.69, 9.17) is 4.74 Å². The van der Waals surface area contributed by atoms with Gasteiger partial charge in [-0.05, 0) is 48.5 Å². The Labute approximate surface area is 188 Å². The summed E-state index contributed by atoms with van der Waals surface area (Å²) in [6, 6.07) is 2.64. The first kappa shape index (κ1) is 23.2. The minimum Gasteiger partial charge on any atom is -0.477 e. The highest BCUT2D eigenvalue weighted by Gasteiger charge is 2.24. The zero-order valence-corrected chi connectivity index (χ0v) is 18.7. The van der Waals surface area contributed by atoms with Crippen molar-refractivity contribution in [2.45, 2.75) is 33.9 Å². The number of ether oxygens (including phenoxy) is 1. The van der Waals surface area contributed by atoms with Crippen molar-refractivity contribution in [1.29, 1.82) is 0 Å². The Morgan fingerprint density at radius 1 is 1.34 bits per heavy atom. The average Bonchev–Trinajstić information content (AvgIpc) is 3.35. The molecular weight excluding hydrogens is 437 g/mol. The lowest BCUT2D eigenvalue weighted by Crippen LogP contribution is -2.33. The Kier molecular flexibility index (Phi) is 7.41. The van der Waals surface area contributed by atoms with Gasteiger partial charge in [-0.15, -0.1) is 0 Å². The molecule has 3 N–H and O–H groups in total. The van der Waals surface area contributed by atoms with Gasteiger partial charge in [0.15, 0.2) is 5.56 Å². The molecule has 0 fully saturated rings. The molecule has 0 saturated heterocycles. The molecule has 0 spiro atoms. The molecule has 0 radical (unpaired) electrons. The Bertz CT molecular complexity index is 1080. The van der Waals surface area contributed by atoms with Gasteiger partial charge in [-0.3, -0.25) is 5.32 Å². The maximum absolute atomic E-state index is 14.2. The summed E-state index contributed by atoms with van der Waals surface area (Å²) >= 11 is 0.783. The van der Waals surface area contributed by atoms with Gasteiger partial charge >= 0.3 is 12.0 Å². The summed E-state index contributed by atoms with van der Waals surface area (Å²) in [5.41, 5.74) is 1.51. The minimum atomic E-state index is -1.31. The summed E-state index contributed by atoms with van der Waals surface area (Å²) in [7, 11) is 0. The molecule has 3 aromatic rings. The minimum absolute atomic E-state index is 0.0355. The predicted octanol–water partition coefficient (Wildman–Crippen LogP) is 3.83. The first-order valence-electron chi connectivity index (χ1n) is 9.86. The Hall–Kier alpha value is -3.47. The fourth-order valence-corrected chi connectivity index (χ4v) is 3.87. The quantitative estimate of drug-likeness (QED) is 0.446. The van der Waals surface area contributed by atoms with E-state index in [1.54, 1.807) is 26.4 Å². The summed E-state index contributed by atoms with van der Waals surface area (Å²) in [6.07, 6.45) is 5.20. The van der Waals surface area contributed by atoms with Gasteiger partial charge < -0.3 is 19.7 Å². The van der Waals surface area contributed by atoms with Crippen molar-refractivity contribution in [2.75, 3.05) is 11.9 Å². The molecule has 0 aliphatic heterocycles. The second-order valence-electron chi connectivity index (χ2n) is 7.53. The Morgan fingerprint density at radius 3 is 2.78 bits per heavy atom. The van der Waals surface area contributed by atoms with Gasteiger partial charge in [-0.2, -0.15) is 4.37 Å². The number of nitrogens with one attached hydrogen (secondary N) is 2. The fraction of sp³-hybridized carbons (Fsp3) is 0.333. The van der Waals surface area contributed by atoms with Gasteiger partial charge in [0, 0.05) is 31.0 Å². The van der Waals surface area contributed by atoms with Crippen molar-refractivity contribution >= 4 is 28.5 Å². The van der Waals surface area contributed by atoms with Gasteiger partial charge in [0.1, 0.15) is 17.4 Å². The van der Waals surface area contributed by atoms with Crippen LogP contribution in [0.15, 0.2) is 30.9 Å². The molecule has 11 heteroatoms. The molecule has 2 aromatic heterocycles. The molecule has 0 saturated carbocycles. The number of carboxylic acids is 1. The van der Waals surface area contributed by atoms with Gasteiger partial charge in [0.25, 0.3) is 0 Å². The second-order valence-corrected chi connectivity index (χ2v) is 8.30. The monoisotopic (exact) mass is 461 g/mol. The summed E-state index contributed by atoms with van der Waals surface area (Å²) in [6.45, 7) is 6.37. The topological polar surface area (TPSA) is 118 Å². The zero-order chi connectivity index (χ0) is 23.3. The largest absolute Gasteiger partial charge is 0.477 e. The normalized spacial score (nSPS) is 11.8. The van der Waals surface area contributed by atoms with E-state index >= 15 is 0 Å². The number of amides is 2. The van der Waals surface area contributed by atoms with Crippen LogP contribution >= 0.6 is 11.5 Å². The summed E-state index contributed by atoms with van der Waals surface area (Å²) in [4.78, 5) is 28.0. The second kappa shape index (κ2) is 10.2. The standard InChI is InChI=1S/C21H24FN5O4S/c1-12-6-14(3)15(16(22)7-12)10-31-18-17(20(28)29)19(32-26-18)25-21(30)24-8-13(2)9-27-5-4-23-11-27/h4-7,11,13H,8-10H2,1-3H3,(H,28,29)(H2,24,25,30). The van der Waals surface area contributed by atoms with Crippen LogP contribution in [0.5, 0.6) is 5.88 Å². The van der Waals surface area contributed by atoms with E-state index in [2.05, 4.69) is 20.0 Å². The smallest absolute Gasteiger partial charge is 0.344 e. The van der Waals surface area contributed by atoms with Crippen LogP contribution in [0, 0.1) is 25.6 Å². The van der Waals surface area contributed by atoms with E-state index in [-0.39, 0.29) is 29.0 Å². The number of carboxylic acid groups (broad SMARTS) is 1. The molecule has 3 rings (SSSR count). The fourth-order valence-electron chi connectivity index (χ4n) is 3.15. The van der Waals surface area contributed by atoms with Crippen molar-refractivity contribution in [3.63, 3.8) is 0 Å². The van der Waals surface area contributed by atoms with Crippen LogP contribution in [0.4, 0.5) is 14.2 Å². The maximum Gasteiger partial charge on any atom is 0.344 e.